The number of nitrogens with one attached hydrogen (secondary N) is 1. The van der Waals surface area contributed by atoms with Crippen LogP contribution in [0.15, 0.2) is 42.5 Å². The molecule has 176 valence electrons. The normalized spacial score (nSPS) is 18.0. The number of carbonyl (C=O) groups excluding carboxylic acids is 1. The van der Waals surface area contributed by atoms with Gasteiger partial charge in [0.2, 0.25) is 5.82 Å². The zero-order valence-corrected chi connectivity index (χ0v) is 19.5. The van der Waals surface area contributed by atoms with E-state index in [-0.39, 0.29) is 23.3 Å². The number of alkyl halides is 2. The molecule has 0 spiro atoms. The van der Waals surface area contributed by atoms with Crippen molar-refractivity contribution in [1.82, 2.24) is 25.5 Å². The highest BCUT2D eigenvalue weighted by Crippen LogP contribution is 2.35. The van der Waals surface area contributed by atoms with E-state index in [2.05, 4.69) is 20.6 Å². The van der Waals surface area contributed by atoms with Crippen LogP contribution in [-0.4, -0.2) is 60.3 Å². The molecular weight excluding hydrogens is 468 g/mol. The van der Waals surface area contributed by atoms with Gasteiger partial charge in [-0.15, -0.1) is 21.5 Å². The van der Waals surface area contributed by atoms with Crippen LogP contribution in [0.5, 0.6) is 0 Å². The van der Waals surface area contributed by atoms with Crippen molar-refractivity contribution in [1.29, 1.82) is 0 Å². The Labute approximate surface area is 198 Å². The SMILES string of the molecule is O=C1SCC[C@H](CC[C@@H](O)C(F)(F)c2ccccc2)N1CCCc1ccc(-c2nn[nH]n2)s1. The van der Waals surface area contributed by atoms with Gasteiger partial charge in [0.25, 0.3) is 11.2 Å². The largest absolute Gasteiger partial charge is 0.386 e. The third kappa shape index (κ3) is 5.77. The molecule has 11 heteroatoms. The Kier molecular flexibility index (Phi) is 7.71. The van der Waals surface area contributed by atoms with Crippen molar-refractivity contribution >= 4 is 28.3 Å². The van der Waals surface area contributed by atoms with E-state index >= 15 is 0 Å². The Hall–Kier alpha value is -2.37. The second-order valence-electron chi connectivity index (χ2n) is 7.94. The van der Waals surface area contributed by atoms with Crippen LogP contribution in [0.3, 0.4) is 0 Å². The maximum Gasteiger partial charge on any atom is 0.298 e. The van der Waals surface area contributed by atoms with Gasteiger partial charge in [0, 0.05) is 28.8 Å². The monoisotopic (exact) mass is 493 g/mol. The summed E-state index contributed by atoms with van der Waals surface area (Å²) in [5.41, 5.74) is -0.194. The molecular formula is C22H25F2N5O2S2. The summed E-state index contributed by atoms with van der Waals surface area (Å²) in [7, 11) is 0. The lowest BCUT2D eigenvalue weighted by Gasteiger charge is -2.36. The first-order valence-corrected chi connectivity index (χ1v) is 12.6. The first-order chi connectivity index (χ1) is 15.9. The average molecular weight is 494 g/mol. The third-order valence-corrected chi connectivity index (χ3v) is 7.81. The summed E-state index contributed by atoms with van der Waals surface area (Å²) >= 11 is 2.85. The Morgan fingerprint density at radius 3 is 2.82 bits per heavy atom. The summed E-state index contributed by atoms with van der Waals surface area (Å²) in [6.45, 7) is 0.553. The number of tetrazole rings is 1. The summed E-state index contributed by atoms with van der Waals surface area (Å²) < 4.78 is 29.2. The molecule has 3 heterocycles. The van der Waals surface area contributed by atoms with E-state index in [0.29, 0.717) is 24.5 Å². The third-order valence-electron chi connectivity index (χ3n) is 5.75. The van der Waals surface area contributed by atoms with E-state index in [0.717, 1.165) is 29.0 Å². The van der Waals surface area contributed by atoms with Gasteiger partial charge in [-0.3, -0.25) is 4.79 Å². The molecule has 1 saturated heterocycles. The maximum atomic E-state index is 14.6. The highest BCUT2D eigenvalue weighted by molar-refractivity contribution is 8.13. The number of halogens is 2. The number of carbonyl (C=O) groups is 1. The predicted octanol–water partition coefficient (Wildman–Crippen LogP) is 4.72. The van der Waals surface area contributed by atoms with E-state index < -0.39 is 12.0 Å². The first kappa shape index (κ1) is 23.8. The lowest BCUT2D eigenvalue weighted by atomic mass is 9.96. The molecule has 1 aliphatic heterocycles. The number of amides is 1. The molecule has 2 N–H and O–H groups in total. The van der Waals surface area contributed by atoms with Gasteiger partial charge in [0.15, 0.2) is 0 Å². The smallest absolute Gasteiger partial charge is 0.298 e. The number of aromatic amines is 1. The van der Waals surface area contributed by atoms with Crippen LogP contribution in [0.2, 0.25) is 0 Å². The van der Waals surface area contributed by atoms with Crippen molar-refractivity contribution in [3.63, 3.8) is 0 Å². The maximum absolute atomic E-state index is 14.6. The van der Waals surface area contributed by atoms with Gasteiger partial charge in [-0.2, -0.15) is 14.0 Å². The topological polar surface area (TPSA) is 95.0 Å². The van der Waals surface area contributed by atoms with Crippen LogP contribution in [0.25, 0.3) is 10.7 Å². The van der Waals surface area contributed by atoms with Gasteiger partial charge >= 0.3 is 0 Å². The van der Waals surface area contributed by atoms with Crippen molar-refractivity contribution in [2.75, 3.05) is 12.3 Å². The van der Waals surface area contributed by atoms with E-state index in [4.69, 9.17) is 0 Å². The number of hydrogen-bond donors (Lipinski definition) is 2. The van der Waals surface area contributed by atoms with Gasteiger partial charge in [0.05, 0.1) is 4.88 Å². The number of aryl methyl sites for hydroxylation is 1. The summed E-state index contributed by atoms with van der Waals surface area (Å²) in [4.78, 5) is 16.4. The summed E-state index contributed by atoms with van der Waals surface area (Å²) in [6.07, 6.45) is 0.773. The number of hydrogen-bond acceptors (Lipinski definition) is 7. The van der Waals surface area contributed by atoms with Gasteiger partial charge in [-0.05, 0) is 49.5 Å². The van der Waals surface area contributed by atoms with Crippen molar-refractivity contribution in [3.8, 4) is 10.7 Å². The molecule has 1 aromatic carbocycles. The molecule has 1 amide bonds. The number of nitrogens with zero attached hydrogens (tertiary/aromatic N) is 4. The highest BCUT2D eigenvalue weighted by Gasteiger charge is 2.41. The Bertz CT molecular complexity index is 1030. The van der Waals surface area contributed by atoms with Crippen molar-refractivity contribution in [2.45, 2.75) is 50.2 Å². The summed E-state index contributed by atoms with van der Waals surface area (Å²) in [5.74, 6) is -2.10. The predicted molar refractivity (Wildman–Crippen MR) is 124 cm³/mol. The standard InChI is InChI=1S/C22H25F2N5O2S2/c23-22(24,15-5-2-1-3-6-15)19(30)11-8-16-12-14-32-21(31)29(16)13-4-7-17-9-10-18(33-17)20-25-27-28-26-20/h1-3,5-6,9-10,16,19,30H,4,7-8,11-14H2,(H,25,26,27,28)/t16-,19+/m0/s1. The molecule has 33 heavy (non-hydrogen) atoms. The molecule has 0 bridgehead atoms. The van der Waals surface area contributed by atoms with E-state index in [1.54, 1.807) is 22.3 Å². The number of aliphatic hydroxyl groups is 1. The molecule has 0 unspecified atom stereocenters. The van der Waals surface area contributed by atoms with E-state index in [9.17, 15) is 18.7 Å². The number of aromatic nitrogens is 4. The molecule has 4 rings (SSSR count). The number of thiophene rings is 1. The first-order valence-electron chi connectivity index (χ1n) is 10.8. The fraction of sp³-hybridized carbons (Fsp3) is 0.455. The zero-order chi connectivity index (χ0) is 23.3. The molecule has 2 atom stereocenters. The minimum Gasteiger partial charge on any atom is -0.386 e. The van der Waals surface area contributed by atoms with Gasteiger partial charge in [-0.25, -0.2) is 0 Å². The Morgan fingerprint density at radius 1 is 1.24 bits per heavy atom. The van der Waals surface area contributed by atoms with Crippen molar-refractivity contribution in [2.24, 2.45) is 0 Å². The van der Waals surface area contributed by atoms with E-state index in [1.807, 2.05) is 12.1 Å². The second kappa shape index (κ2) is 10.7. The fourth-order valence-corrected chi connectivity index (χ4v) is 5.90. The number of H-pyrrole nitrogens is 1. The number of rotatable bonds is 10. The van der Waals surface area contributed by atoms with Crippen LogP contribution in [0.1, 0.15) is 36.1 Å². The molecule has 1 aliphatic rings. The van der Waals surface area contributed by atoms with Crippen LogP contribution in [-0.2, 0) is 12.3 Å². The number of benzene rings is 1. The van der Waals surface area contributed by atoms with Crippen LogP contribution >= 0.6 is 23.1 Å². The summed E-state index contributed by atoms with van der Waals surface area (Å²) in [6, 6.07) is 11.2. The van der Waals surface area contributed by atoms with Gasteiger partial charge < -0.3 is 10.0 Å². The lowest BCUT2D eigenvalue weighted by Crippen LogP contribution is -2.43. The Balaban J connectivity index is 1.31. The fourth-order valence-electron chi connectivity index (χ4n) is 3.95. The second-order valence-corrected chi connectivity index (χ2v) is 10.2. The molecule has 1 fully saturated rings. The Morgan fingerprint density at radius 2 is 2.06 bits per heavy atom. The minimum atomic E-state index is -3.32. The number of thioether (sulfide) groups is 1. The highest BCUT2D eigenvalue weighted by atomic mass is 32.2. The lowest BCUT2D eigenvalue weighted by molar-refractivity contribution is -0.119. The van der Waals surface area contributed by atoms with Gasteiger partial charge in [-0.1, -0.05) is 42.1 Å². The van der Waals surface area contributed by atoms with Crippen LogP contribution in [0, 0.1) is 0 Å². The van der Waals surface area contributed by atoms with E-state index in [1.165, 1.54) is 36.0 Å². The number of aliphatic hydroxyl groups excluding tert-OH is 1. The van der Waals surface area contributed by atoms with Crippen LogP contribution < -0.4 is 0 Å². The molecule has 0 radical (unpaired) electrons. The molecule has 3 aromatic rings. The average Bonchev–Trinajstić information content (AvgIpc) is 3.51. The van der Waals surface area contributed by atoms with Gasteiger partial charge in [0.1, 0.15) is 6.10 Å². The molecule has 0 aliphatic carbocycles. The molecule has 7 nitrogen and oxygen atoms in total. The molecule has 2 aromatic heterocycles. The van der Waals surface area contributed by atoms with Crippen LogP contribution in [0.4, 0.5) is 13.6 Å². The zero-order valence-electron chi connectivity index (χ0n) is 17.9. The quantitative estimate of drug-likeness (QED) is 0.424. The van der Waals surface area contributed by atoms with Crippen molar-refractivity contribution < 1.29 is 18.7 Å². The molecule has 0 saturated carbocycles. The minimum absolute atomic E-state index is 0.0192. The summed E-state index contributed by atoms with van der Waals surface area (Å²) in [5, 5.41) is 24.2. The van der Waals surface area contributed by atoms with Crippen molar-refractivity contribution in [3.05, 3.63) is 52.9 Å².